The number of hydrogen-bond donors (Lipinski definition) is 1. The Labute approximate surface area is 92.7 Å². The Bertz CT molecular complexity index is 417. The Morgan fingerprint density at radius 2 is 2.19 bits per heavy atom. The molecule has 0 unspecified atom stereocenters. The van der Waals surface area contributed by atoms with Crippen LogP contribution in [0.4, 0.5) is 0 Å². The van der Waals surface area contributed by atoms with Crippen molar-refractivity contribution in [1.82, 2.24) is 4.90 Å². The summed E-state index contributed by atoms with van der Waals surface area (Å²) < 4.78 is 5.21. The molecule has 1 aromatic heterocycles. The maximum absolute atomic E-state index is 11.8. The average molecular weight is 223 g/mol. The van der Waals surface area contributed by atoms with E-state index in [1.165, 1.54) is 0 Å². The Kier molecular flexibility index (Phi) is 2.68. The zero-order chi connectivity index (χ0) is 11.7. The maximum Gasteiger partial charge on any atom is 0.303 e. The van der Waals surface area contributed by atoms with Crippen LogP contribution in [0.5, 0.6) is 0 Å². The lowest BCUT2D eigenvalue weighted by atomic mass is 9.96. The number of furan rings is 1. The van der Waals surface area contributed by atoms with Crippen LogP contribution in [0.15, 0.2) is 16.5 Å². The highest BCUT2D eigenvalue weighted by Crippen LogP contribution is 2.22. The second-order valence-corrected chi connectivity index (χ2v) is 4.08. The SMILES string of the molecule is Cc1ccc(C(=O)N2CC(CC(=O)O)C2)o1. The molecule has 2 heterocycles. The van der Waals surface area contributed by atoms with Gasteiger partial charge in [-0.25, -0.2) is 0 Å². The van der Waals surface area contributed by atoms with Crippen molar-refractivity contribution in [1.29, 1.82) is 0 Å². The van der Waals surface area contributed by atoms with Gasteiger partial charge in [-0.2, -0.15) is 0 Å². The molecule has 1 aliphatic rings. The summed E-state index contributed by atoms with van der Waals surface area (Å²) in [5, 5.41) is 8.57. The minimum atomic E-state index is -0.814. The van der Waals surface area contributed by atoms with E-state index in [9.17, 15) is 9.59 Å². The summed E-state index contributed by atoms with van der Waals surface area (Å²) in [7, 11) is 0. The second-order valence-electron chi connectivity index (χ2n) is 4.08. The molecule has 5 nitrogen and oxygen atoms in total. The number of hydrogen-bond acceptors (Lipinski definition) is 3. The van der Waals surface area contributed by atoms with Gasteiger partial charge < -0.3 is 14.4 Å². The van der Waals surface area contributed by atoms with E-state index in [-0.39, 0.29) is 18.2 Å². The summed E-state index contributed by atoms with van der Waals surface area (Å²) in [6.07, 6.45) is 0.126. The molecule has 1 N–H and O–H groups in total. The van der Waals surface area contributed by atoms with Crippen LogP contribution in [0.2, 0.25) is 0 Å². The Morgan fingerprint density at radius 1 is 1.50 bits per heavy atom. The van der Waals surface area contributed by atoms with Gasteiger partial charge in [-0.3, -0.25) is 9.59 Å². The fourth-order valence-electron chi connectivity index (χ4n) is 1.82. The van der Waals surface area contributed by atoms with Crippen molar-refractivity contribution >= 4 is 11.9 Å². The van der Waals surface area contributed by atoms with Crippen LogP contribution in [0.25, 0.3) is 0 Å². The number of carboxylic acids is 1. The maximum atomic E-state index is 11.8. The van der Waals surface area contributed by atoms with Crippen LogP contribution in [0.1, 0.15) is 22.7 Å². The third-order valence-electron chi connectivity index (χ3n) is 2.66. The van der Waals surface area contributed by atoms with Gasteiger partial charge in [-0.1, -0.05) is 0 Å². The number of amides is 1. The number of aryl methyl sites for hydroxylation is 1. The van der Waals surface area contributed by atoms with Crippen molar-refractivity contribution in [3.63, 3.8) is 0 Å². The summed E-state index contributed by atoms with van der Waals surface area (Å²) >= 11 is 0. The number of carbonyl (C=O) groups is 2. The number of aliphatic carboxylic acids is 1. The van der Waals surface area contributed by atoms with Gasteiger partial charge in [-0.05, 0) is 19.1 Å². The highest BCUT2D eigenvalue weighted by Gasteiger charge is 2.33. The van der Waals surface area contributed by atoms with E-state index in [1.807, 2.05) is 0 Å². The minimum Gasteiger partial charge on any atom is -0.481 e. The first kappa shape index (κ1) is 10.7. The van der Waals surface area contributed by atoms with E-state index in [1.54, 1.807) is 24.0 Å². The number of nitrogens with zero attached hydrogens (tertiary/aromatic N) is 1. The molecule has 0 aromatic carbocycles. The van der Waals surface area contributed by atoms with Gasteiger partial charge in [0.2, 0.25) is 0 Å². The largest absolute Gasteiger partial charge is 0.481 e. The minimum absolute atomic E-state index is 0.0810. The lowest BCUT2D eigenvalue weighted by Gasteiger charge is -2.37. The van der Waals surface area contributed by atoms with Crippen LogP contribution in [0, 0.1) is 12.8 Å². The molecule has 16 heavy (non-hydrogen) atoms. The van der Waals surface area contributed by atoms with Crippen LogP contribution < -0.4 is 0 Å². The molecule has 0 saturated carbocycles. The normalized spacial score (nSPS) is 15.9. The summed E-state index contributed by atoms with van der Waals surface area (Å²) in [5.41, 5.74) is 0. The standard InChI is InChI=1S/C11H13NO4/c1-7-2-3-9(16-7)11(15)12-5-8(6-12)4-10(13)14/h2-3,8H,4-6H2,1H3,(H,13,14). The molecular formula is C11H13NO4. The van der Waals surface area contributed by atoms with Gasteiger partial charge in [0, 0.05) is 19.0 Å². The lowest BCUT2D eigenvalue weighted by Crippen LogP contribution is -2.50. The molecular weight excluding hydrogens is 210 g/mol. The monoisotopic (exact) mass is 223 g/mol. The number of rotatable bonds is 3. The second kappa shape index (κ2) is 4.00. The predicted molar refractivity (Wildman–Crippen MR) is 55.1 cm³/mol. The zero-order valence-electron chi connectivity index (χ0n) is 8.97. The molecule has 0 spiro atoms. The fraction of sp³-hybridized carbons (Fsp3) is 0.455. The highest BCUT2D eigenvalue weighted by atomic mass is 16.4. The number of likely N-dealkylation sites (tertiary alicyclic amines) is 1. The summed E-state index contributed by atoms with van der Waals surface area (Å²) in [4.78, 5) is 23.8. The lowest BCUT2D eigenvalue weighted by molar-refractivity contribution is -0.139. The van der Waals surface area contributed by atoms with Gasteiger partial charge in [0.15, 0.2) is 5.76 Å². The molecule has 1 aliphatic heterocycles. The Hall–Kier alpha value is -1.78. The number of carbonyl (C=O) groups excluding carboxylic acids is 1. The van der Waals surface area contributed by atoms with Crippen LogP contribution in [0.3, 0.4) is 0 Å². The van der Waals surface area contributed by atoms with E-state index in [4.69, 9.17) is 9.52 Å². The molecule has 0 radical (unpaired) electrons. The van der Waals surface area contributed by atoms with Crippen molar-refractivity contribution < 1.29 is 19.1 Å². The summed E-state index contributed by atoms with van der Waals surface area (Å²) in [6, 6.07) is 3.38. The number of carboxylic acid groups (broad SMARTS) is 1. The summed E-state index contributed by atoms with van der Waals surface area (Å²) in [6.45, 7) is 2.79. The van der Waals surface area contributed by atoms with Gasteiger partial charge in [-0.15, -0.1) is 0 Å². The highest BCUT2D eigenvalue weighted by molar-refractivity contribution is 5.92. The molecule has 0 aliphatic carbocycles. The van der Waals surface area contributed by atoms with Crippen LogP contribution in [-0.2, 0) is 4.79 Å². The van der Waals surface area contributed by atoms with Gasteiger partial charge >= 0.3 is 5.97 Å². The molecule has 2 rings (SSSR count). The molecule has 1 fully saturated rings. The van der Waals surface area contributed by atoms with Gasteiger partial charge in [0.1, 0.15) is 5.76 Å². The molecule has 5 heteroatoms. The topological polar surface area (TPSA) is 70.8 Å². The smallest absolute Gasteiger partial charge is 0.303 e. The van der Waals surface area contributed by atoms with E-state index in [2.05, 4.69) is 0 Å². The van der Waals surface area contributed by atoms with Crippen molar-refractivity contribution in [2.75, 3.05) is 13.1 Å². The van der Waals surface area contributed by atoms with Crippen molar-refractivity contribution in [3.8, 4) is 0 Å². The predicted octanol–water partition coefficient (Wildman–Crippen LogP) is 1.13. The van der Waals surface area contributed by atoms with E-state index < -0.39 is 5.97 Å². The molecule has 1 amide bonds. The Balaban J connectivity index is 1.88. The van der Waals surface area contributed by atoms with E-state index >= 15 is 0 Å². The van der Waals surface area contributed by atoms with E-state index in [0.717, 1.165) is 0 Å². The molecule has 1 saturated heterocycles. The first-order chi connectivity index (χ1) is 7.56. The third-order valence-corrected chi connectivity index (χ3v) is 2.66. The first-order valence-corrected chi connectivity index (χ1v) is 5.14. The van der Waals surface area contributed by atoms with Crippen LogP contribution >= 0.6 is 0 Å². The van der Waals surface area contributed by atoms with Gasteiger partial charge in [0.05, 0.1) is 6.42 Å². The van der Waals surface area contributed by atoms with Crippen molar-refractivity contribution in [2.45, 2.75) is 13.3 Å². The van der Waals surface area contributed by atoms with Crippen LogP contribution in [-0.4, -0.2) is 35.0 Å². The van der Waals surface area contributed by atoms with E-state index in [0.29, 0.717) is 24.6 Å². The molecule has 1 aromatic rings. The van der Waals surface area contributed by atoms with Crippen molar-refractivity contribution in [2.24, 2.45) is 5.92 Å². The molecule has 86 valence electrons. The molecule has 0 bridgehead atoms. The average Bonchev–Trinajstić information content (AvgIpc) is 2.56. The quantitative estimate of drug-likeness (QED) is 0.834. The fourth-order valence-corrected chi connectivity index (χ4v) is 1.82. The first-order valence-electron chi connectivity index (χ1n) is 5.14. The van der Waals surface area contributed by atoms with Crippen molar-refractivity contribution in [3.05, 3.63) is 23.7 Å². The zero-order valence-corrected chi connectivity index (χ0v) is 8.97. The molecule has 0 atom stereocenters. The third kappa shape index (κ3) is 2.08. The Morgan fingerprint density at radius 3 is 2.69 bits per heavy atom. The van der Waals surface area contributed by atoms with Gasteiger partial charge in [0.25, 0.3) is 5.91 Å². The summed E-state index contributed by atoms with van der Waals surface area (Å²) in [5.74, 6) is 0.135.